The second-order valence-corrected chi connectivity index (χ2v) is 7.17. The van der Waals surface area contributed by atoms with Crippen molar-refractivity contribution in [1.29, 1.82) is 0 Å². The van der Waals surface area contributed by atoms with Gasteiger partial charge in [-0.15, -0.1) is 0 Å². The van der Waals surface area contributed by atoms with Crippen LogP contribution in [0.3, 0.4) is 0 Å². The van der Waals surface area contributed by atoms with E-state index < -0.39 is 0 Å². The monoisotopic (exact) mass is 340 g/mol. The minimum atomic E-state index is -0.152. The van der Waals surface area contributed by atoms with Crippen molar-refractivity contribution >= 4 is 29.3 Å². The van der Waals surface area contributed by atoms with Crippen molar-refractivity contribution in [3.63, 3.8) is 0 Å². The Labute approximate surface area is 146 Å². The molecule has 5 heteroatoms. The van der Waals surface area contributed by atoms with E-state index in [1.54, 1.807) is 23.9 Å². The summed E-state index contributed by atoms with van der Waals surface area (Å²) in [6, 6.07) is 13.9. The third kappa shape index (κ3) is 4.38. The summed E-state index contributed by atoms with van der Waals surface area (Å²) in [6.45, 7) is 3.52. The summed E-state index contributed by atoms with van der Waals surface area (Å²) in [6.07, 6.45) is 2.09. The van der Waals surface area contributed by atoms with E-state index in [9.17, 15) is 9.59 Å². The Morgan fingerprint density at radius 3 is 2.42 bits per heavy atom. The van der Waals surface area contributed by atoms with Gasteiger partial charge in [-0.05, 0) is 50.1 Å². The van der Waals surface area contributed by atoms with Crippen LogP contribution in [0.2, 0.25) is 0 Å². The van der Waals surface area contributed by atoms with Crippen molar-refractivity contribution in [1.82, 2.24) is 5.32 Å². The number of aryl methyl sites for hydroxylation is 1. The highest BCUT2D eigenvalue weighted by atomic mass is 32.2. The Morgan fingerprint density at radius 2 is 1.79 bits per heavy atom. The largest absolute Gasteiger partial charge is 0.349 e. The molecule has 0 aliphatic heterocycles. The minimum Gasteiger partial charge on any atom is -0.349 e. The van der Waals surface area contributed by atoms with E-state index in [4.69, 9.17) is 0 Å². The van der Waals surface area contributed by atoms with Crippen LogP contribution >= 0.6 is 11.8 Å². The molecule has 0 saturated heterocycles. The zero-order chi connectivity index (χ0) is 17.1. The number of nitrogens with one attached hydrogen (secondary N) is 2. The van der Waals surface area contributed by atoms with Crippen molar-refractivity contribution in [2.75, 3.05) is 5.32 Å². The maximum Gasteiger partial charge on any atom is 0.251 e. The Kier molecular flexibility index (Phi) is 4.90. The molecule has 1 aliphatic carbocycles. The van der Waals surface area contributed by atoms with Gasteiger partial charge in [0.2, 0.25) is 5.91 Å². The zero-order valence-electron chi connectivity index (χ0n) is 13.8. The predicted molar refractivity (Wildman–Crippen MR) is 96.5 cm³/mol. The lowest BCUT2D eigenvalue weighted by atomic mass is 10.2. The Balaban J connectivity index is 1.84. The number of rotatable bonds is 5. The van der Waals surface area contributed by atoms with E-state index in [-0.39, 0.29) is 11.8 Å². The first-order valence-electron chi connectivity index (χ1n) is 7.98. The molecule has 2 aromatic carbocycles. The molecule has 0 heterocycles. The van der Waals surface area contributed by atoms with Crippen LogP contribution in [-0.2, 0) is 4.79 Å². The van der Waals surface area contributed by atoms with Gasteiger partial charge in [-0.3, -0.25) is 9.59 Å². The molecular weight excluding hydrogens is 320 g/mol. The third-order valence-corrected chi connectivity index (χ3v) is 4.80. The maximum absolute atomic E-state index is 12.2. The Hall–Kier alpha value is -2.27. The lowest BCUT2D eigenvalue weighted by Gasteiger charge is -2.12. The van der Waals surface area contributed by atoms with E-state index in [1.165, 1.54) is 12.5 Å². The van der Waals surface area contributed by atoms with Crippen LogP contribution in [0.15, 0.2) is 52.3 Å². The first-order valence-corrected chi connectivity index (χ1v) is 8.80. The fourth-order valence-electron chi connectivity index (χ4n) is 2.28. The van der Waals surface area contributed by atoms with Crippen LogP contribution < -0.4 is 10.6 Å². The number of hydrogen-bond donors (Lipinski definition) is 2. The van der Waals surface area contributed by atoms with Crippen molar-refractivity contribution in [3.05, 3.63) is 53.6 Å². The van der Waals surface area contributed by atoms with Crippen molar-refractivity contribution in [3.8, 4) is 0 Å². The van der Waals surface area contributed by atoms with Crippen LogP contribution in [0, 0.1) is 6.92 Å². The molecule has 1 saturated carbocycles. The molecule has 0 unspecified atom stereocenters. The fraction of sp³-hybridized carbons (Fsp3) is 0.263. The average Bonchev–Trinajstić information content (AvgIpc) is 3.34. The maximum atomic E-state index is 12.2. The molecule has 124 valence electrons. The molecule has 1 fully saturated rings. The van der Waals surface area contributed by atoms with E-state index in [0.29, 0.717) is 17.3 Å². The second-order valence-electron chi connectivity index (χ2n) is 6.05. The van der Waals surface area contributed by atoms with Gasteiger partial charge in [0.1, 0.15) is 0 Å². The van der Waals surface area contributed by atoms with Gasteiger partial charge in [-0.25, -0.2) is 0 Å². The lowest BCUT2D eigenvalue weighted by molar-refractivity contribution is -0.114. The first-order chi connectivity index (χ1) is 11.5. The molecule has 0 atom stereocenters. The Morgan fingerprint density at radius 1 is 1.08 bits per heavy atom. The summed E-state index contributed by atoms with van der Waals surface area (Å²) in [4.78, 5) is 25.7. The van der Waals surface area contributed by atoms with Gasteiger partial charge in [0.15, 0.2) is 0 Å². The Bertz CT molecular complexity index is 767. The van der Waals surface area contributed by atoms with Crippen molar-refractivity contribution < 1.29 is 9.59 Å². The first kappa shape index (κ1) is 16.6. The zero-order valence-corrected chi connectivity index (χ0v) is 14.6. The molecule has 0 aromatic heterocycles. The number of benzene rings is 2. The molecule has 3 rings (SSSR count). The summed E-state index contributed by atoms with van der Waals surface area (Å²) in [5, 5.41) is 5.80. The summed E-state index contributed by atoms with van der Waals surface area (Å²) in [7, 11) is 0. The normalized spacial score (nSPS) is 13.4. The van der Waals surface area contributed by atoms with Gasteiger partial charge in [0, 0.05) is 28.3 Å². The molecule has 0 bridgehead atoms. The topological polar surface area (TPSA) is 58.2 Å². The van der Waals surface area contributed by atoms with Crippen LogP contribution in [-0.4, -0.2) is 17.9 Å². The molecule has 24 heavy (non-hydrogen) atoms. The highest BCUT2D eigenvalue weighted by Crippen LogP contribution is 2.34. The van der Waals surface area contributed by atoms with E-state index in [2.05, 4.69) is 22.8 Å². The fourth-order valence-corrected chi connectivity index (χ4v) is 3.16. The number of amides is 2. The molecule has 0 spiro atoms. The molecule has 2 amide bonds. The van der Waals surface area contributed by atoms with Gasteiger partial charge in [0.05, 0.1) is 5.69 Å². The molecule has 4 nitrogen and oxygen atoms in total. The van der Waals surface area contributed by atoms with Gasteiger partial charge >= 0.3 is 0 Å². The van der Waals surface area contributed by atoms with E-state index in [0.717, 1.165) is 22.6 Å². The summed E-state index contributed by atoms with van der Waals surface area (Å²) in [5.41, 5.74) is 2.43. The van der Waals surface area contributed by atoms with Gasteiger partial charge in [0.25, 0.3) is 5.91 Å². The van der Waals surface area contributed by atoms with Crippen LogP contribution in [0.1, 0.15) is 35.7 Å². The molecular formula is C19H20N2O2S. The van der Waals surface area contributed by atoms with Crippen molar-refractivity contribution in [2.24, 2.45) is 0 Å². The number of carbonyl (C=O) groups is 2. The summed E-state index contributed by atoms with van der Waals surface area (Å²) >= 11 is 1.57. The number of hydrogen-bond acceptors (Lipinski definition) is 3. The molecule has 1 aliphatic rings. The highest BCUT2D eigenvalue weighted by molar-refractivity contribution is 7.99. The quantitative estimate of drug-likeness (QED) is 0.865. The predicted octanol–water partition coefficient (Wildman–Crippen LogP) is 4.00. The summed E-state index contributed by atoms with van der Waals surface area (Å²) in [5.74, 6) is -0.239. The molecule has 2 aromatic rings. The smallest absolute Gasteiger partial charge is 0.251 e. The van der Waals surface area contributed by atoms with Crippen LogP contribution in [0.25, 0.3) is 0 Å². The highest BCUT2D eigenvalue weighted by Gasteiger charge is 2.24. The van der Waals surface area contributed by atoms with Crippen LogP contribution in [0.5, 0.6) is 0 Å². The third-order valence-electron chi connectivity index (χ3n) is 3.71. The van der Waals surface area contributed by atoms with E-state index in [1.807, 2.05) is 25.1 Å². The van der Waals surface area contributed by atoms with E-state index >= 15 is 0 Å². The number of carbonyl (C=O) groups excluding carboxylic acids is 2. The lowest BCUT2D eigenvalue weighted by Crippen LogP contribution is -2.25. The number of anilines is 1. The molecule has 0 radical (unpaired) electrons. The summed E-state index contributed by atoms with van der Waals surface area (Å²) < 4.78 is 0. The second kappa shape index (κ2) is 7.09. The SMILES string of the molecule is CC(=O)Nc1cc(C(=O)NC2CC2)ccc1Sc1ccc(C)cc1. The minimum absolute atomic E-state index is 0.0870. The van der Waals surface area contributed by atoms with Gasteiger partial charge < -0.3 is 10.6 Å². The van der Waals surface area contributed by atoms with Crippen molar-refractivity contribution in [2.45, 2.75) is 42.5 Å². The average molecular weight is 340 g/mol. The standard InChI is InChI=1S/C19H20N2O2S/c1-12-3-8-16(9-4-12)24-18-10-5-14(11-17(18)20-13(2)22)19(23)21-15-6-7-15/h3-5,8-11,15H,6-7H2,1-2H3,(H,20,22)(H,21,23). The molecule has 2 N–H and O–H groups in total. The van der Waals surface area contributed by atoms with Gasteiger partial charge in [-0.1, -0.05) is 29.5 Å². The van der Waals surface area contributed by atoms with Gasteiger partial charge in [-0.2, -0.15) is 0 Å². The van der Waals surface area contributed by atoms with Crippen LogP contribution in [0.4, 0.5) is 5.69 Å².